The number of nitrogens with one attached hydrogen (secondary N) is 1. The Morgan fingerprint density at radius 3 is 2.22 bits per heavy atom. The van der Waals surface area contributed by atoms with Gasteiger partial charge in [-0.25, -0.2) is 19.6 Å². The molecule has 13 nitrogen and oxygen atoms in total. The number of thiazole rings is 2. The molecule has 4 rings (SSSR count). The van der Waals surface area contributed by atoms with Crippen molar-refractivity contribution >= 4 is 68.4 Å². The predicted molar refractivity (Wildman–Crippen MR) is 176 cm³/mol. The number of amides is 3. The maximum atomic E-state index is 13.1. The van der Waals surface area contributed by atoms with Gasteiger partial charge in [0.2, 0.25) is 5.91 Å². The minimum atomic E-state index is -0.983. The first-order valence-corrected chi connectivity index (χ1v) is 17.2. The SMILES string of the molecule is CCCCOC(=O)N1CCN(C(=O)[C@H](CCC(=O)OCC)NC(=O)c2csc(Br)n2)CC1.O=C(O)c1csc(-c2ccccc2)n1. The Kier molecular flexibility index (Phi) is 15.1. The maximum absolute atomic E-state index is 13.1. The minimum absolute atomic E-state index is 0.00495. The van der Waals surface area contributed by atoms with Crippen LogP contribution in [0.15, 0.2) is 45.0 Å². The van der Waals surface area contributed by atoms with Gasteiger partial charge in [0, 0.05) is 48.9 Å². The van der Waals surface area contributed by atoms with Crippen LogP contribution >= 0.6 is 38.6 Å². The molecule has 2 N–H and O–H groups in total. The topological polar surface area (TPSA) is 168 Å². The summed E-state index contributed by atoms with van der Waals surface area (Å²) >= 11 is 5.81. The van der Waals surface area contributed by atoms with Crippen LogP contribution in [0.5, 0.6) is 0 Å². The third-order valence-corrected chi connectivity index (χ3v) is 8.83. The summed E-state index contributed by atoms with van der Waals surface area (Å²) in [5.41, 5.74) is 1.24. The number of ether oxygens (including phenoxy) is 2. The second kappa shape index (κ2) is 18.9. The highest BCUT2D eigenvalue weighted by Gasteiger charge is 2.31. The van der Waals surface area contributed by atoms with Crippen molar-refractivity contribution in [2.45, 2.75) is 45.6 Å². The molecule has 1 aliphatic rings. The van der Waals surface area contributed by atoms with E-state index in [1.807, 2.05) is 37.3 Å². The number of hydrogen-bond acceptors (Lipinski definition) is 11. The number of carboxylic acids is 1. The number of benzene rings is 1. The first-order valence-electron chi connectivity index (χ1n) is 14.6. The highest BCUT2D eigenvalue weighted by Crippen LogP contribution is 2.23. The Bertz CT molecular complexity index is 1460. The molecule has 46 heavy (non-hydrogen) atoms. The first kappa shape index (κ1) is 36.6. The molecule has 2 aromatic heterocycles. The van der Waals surface area contributed by atoms with E-state index >= 15 is 0 Å². The lowest BCUT2D eigenvalue weighted by atomic mass is 10.1. The summed E-state index contributed by atoms with van der Waals surface area (Å²) in [7, 11) is 0. The van der Waals surface area contributed by atoms with Crippen LogP contribution in [0.1, 0.15) is 60.5 Å². The molecule has 1 atom stereocenters. The Morgan fingerprint density at radius 1 is 0.957 bits per heavy atom. The summed E-state index contributed by atoms with van der Waals surface area (Å²) in [6.07, 6.45) is 1.46. The van der Waals surface area contributed by atoms with Crippen LogP contribution in [0.4, 0.5) is 4.79 Å². The number of unbranched alkanes of at least 4 members (excludes halogenated alkanes) is 1. The molecule has 0 saturated carbocycles. The van der Waals surface area contributed by atoms with E-state index in [1.54, 1.807) is 27.5 Å². The van der Waals surface area contributed by atoms with Crippen LogP contribution in [0, 0.1) is 0 Å². The standard InChI is InChI=1S/C20H29BrN4O6S.C10H7NO2S/c1-3-5-12-31-20(29)25-10-8-24(9-11-25)18(28)14(6-7-16(26)30-4-2)22-17(27)15-13-32-19(21)23-15;12-10(13)8-6-14-9(11-8)7-4-2-1-3-5-7/h13-14H,3-12H2,1-2H3,(H,22,27);1-6H,(H,12,13)/t14-;/m0./s1. The minimum Gasteiger partial charge on any atom is -0.476 e. The van der Waals surface area contributed by atoms with E-state index in [4.69, 9.17) is 14.6 Å². The van der Waals surface area contributed by atoms with Crippen molar-refractivity contribution in [1.29, 1.82) is 0 Å². The van der Waals surface area contributed by atoms with Crippen LogP contribution < -0.4 is 5.32 Å². The number of halogens is 1. The van der Waals surface area contributed by atoms with Gasteiger partial charge >= 0.3 is 18.0 Å². The van der Waals surface area contributed by atoms with Gasteiger partial charge in [-0.15, -0.1) is 22.7 Å². The summed E-state index contributed by atoms with van der Waals surface area (Å²) < 4.78 is 10.7. The number of piperazine rings is 1. The monoisotopic (exact) mass is 737 g/mol. The van der Waals surface area contributed by atoms with E-state index in [2.05, 4.69) is 31.2 Å². The van der Waals surface area contributed by atoms with Gasteiger partial charge in [-0.1, -0.05) is 43.7 Å². The fourth-order valence-electron chi connectivity index (χ4n) is 4.15. The van der Waals surface area contributed by atoms with Crippen molar-refractivity contribution in [2.75, 3.05) is 39.4 Å². The largest absolute Gasteiger partial charge is 0.476 e. The van der Waals surface area contributed by atoms with Gasteiger partial charge in [0.05, 0.1) is 13.2 Å². The van der Waals surface area contributed by atoms with Crippen molar-refractivity contribution in [3.8, 4) is 10.6 Å². The van der Waals surface area contributed by atoms with Gasteiger partial charge in [-0.2, -0.15) is 0 Å². The zero-order chi connectivity index (χ0) is 33.5. The molecule has 16 heteroatoms. The average Bonchev–Trinajstić information content (AvgIpc) is 3.74. The molecule has 0 spiro atoms. The van der Waals surface area contributed by atoms with Crippen LogP contribution in [-0.2, 0) is 19.1 Å². The molecule has 0 aliphatic carbocycles. The summed E-state index contributed by atoms with van der Waals surface area (Å²) in [4.78, 5) is 71.4. The molecule has 1 aliphatic heterocycles. The lowest BCUT2D eigenvalue weighted by Crippen LogP contribution is -2.56. The number of rotatable bonds is 12. The van der Waals surface area contributed by atoms with Gasteiger partial charge < -0.3 is 29.7 Å². The van der Waals surface area contributed by atoms with Gasteiger partial charge in [0.1, 0.15) is 16.7 Å². The predicted octanol–water partition coefficient (Wildman–Crippen LogP) is 4.94. The zero-order valence-electron chi connectivity index (χ0n) is 25.5. The number of carbonyl (C=O) groups excluding carboxylic acids is 4. The van der Waals surface area contributed by atoms with Crippen LogP contribution in [-0.4, -0.2) is 100 Å². The molecule has 248 valence electrons. The Hall–Kier alpha value is -3.89. The van der Waals surface area contributed by atoms with Crippen LogP contribution in [0.2, 0.25) is 0 Å². The summed E-state index contributed by atoms with van der Waals surface area (Å²) in [5.74, 6) is -2.22. The Balaban J connectivity index is 0.000000339. The first-order chi connectivity index (χ1) is 22.1. The summed E-state index contributed by atoms with van der Waals surface area (Å²) in [6, 6.07) is 8.62. The molecule has 3 aromatic rings. The van der Waals surface area contributed by atoms with Gasteiger partial charge in [0.25, 0.3) is 5.91 Å². The van der Waals surface area contributed by atoms with E-state index in [1.165, 1.54) is 22.7 Å². The van der Waals surface area contributed by atoms with E-state index in [0.29, 0.717) is 36.7 Å². The quantitative estimate of drug-likeness (QED) is 0.192. The normalized spacial score (nSPS) is 13.2. The molecular weight excluding hydrogens is 702 g/mol. The number of nitrogens with zero attached hydrogens (tertiary/aromatic N) is 4. The van der Waals surface area contributed by atoms with Gasteiger partial charge in [-0.05, 0) is 35.7 Å². The molecule has 0 bridgehead atoms. The van der Waals surface area contributed by atoms with Gasteiger partial charge in [-0.3, -0.25) is 14.4 Å². The second-order valence-electron chi connectivity index (χ2n) is 9.84. The highest BCUT2D eigenvalue weighted by atomic mass is 79.9. The van der Waals surface area contributed by atoms with Gasteiger partial charge in [0.15, 0.2) is 9.61 Å². The second-order valence-corrected chi connectivity index (χ2v) is 12.8. The van der Waals surface area contributed by atoms with E-state index in [-0.39, 0.29) is 42.8 Å². The van der Waals surface area contributed by atoms with Crippen molar-refractivity contribution in [3.63, 3.8) is 0 Å². The lowest BCUT2D eigenvalue weighted by molar-refractivity contribution is -0.143. The molecule has 0 unspecified atom stereocenters. The molecule has 1 fully saturated rings. The van der Waals surface area contributed by atoms with Crippen molar-refractivity contribution in [3.05, 3.63) is 56.4 Å². The Morgan fingerprint density at radius 2 is 1.63 bits per heavy atom. The molecular formula is C30H36BrN5O8S2. The van der Waals surface area contributed by atoms with Crippen molar-refractivity contribution < 1.29 is 38.6 Å². The number of carbonyl (C=O) groups is 5. The molecule has 1 aromatic carbocycles. The third kappa shape index (κ3) is 11.5. The number of carboxylic acid groups (broad SMARTS) is 1. The number of aromatic nitrogens is 2. The number of aromatic carboxylic acids is 1. The van der Waals surface area contributed by atoms with Crippen LogP contribution in [0.25, 0.3) is 10.6 Å². The molecule has 3 heterocycles. The molecule has 3 amide bonds. The number of esters is 1. The van der Waals surface area contributed by atoms with Crippen LogP contribution in [0.3, 0.4) is 0 Å². The smallest absolute Gasteiger partial charge is 0.409 e. The zero-order valence-corrected chi connectivity index (χ0v) is 28.7. The number of hydrogen-bond donors (Lipinski definition) is 2. The Labute approximate surface area is 283 Å². The highest BCUT2D eigenvalue weighted by molar-refractivity contribution is 9.11. The summed E-state index contributed by atoms with van der Waals surface area (Å²) in [6.45, 7) is 5.65. The lowest BCUT2D eigenvalue weighted by Gasteiger charge is -2.36. The van der Waals surface area contributed by atoms with E-state index in [0.717, 1.165) is 23.4 Å². The fraction of sp³-hybridized carbons (Fsp3) is 0.433. The fourth-order valence-corrected chi connectivity index (χ4v) is 5.94. The van der Waals surface area contributed by atoms with Crippen molar-refractivity contribution in [1.82, 2.24) is 25.1 Å². The molecule has 0 radical (unpaired) electrons. The third-order valence-electron chi connectivity index (χ3n) is 6.57. The van der Waals surface area contributed by atoms with E-state index < -0.39 is 23.9 Å². The van der Waals surface area contributed by atoms with E-state index in [9.17, 15) is 24.0 Å². The average molecular weight is 739 g/mol. The van der Waals surface area contributed by atoms with Crippen molar-refractivity contribution in [2.24, 2.45) is 0 Å². The summed E-state index contributed by atoms with van der Waals surface area (Å²) in [5, 5.41) is 15.2. The molecule has 1 saturated heterocycles. The maximum Gasteiger partial charge on any atom is 0.409 e.